The van der Waals surface area contributed by atoms with Gasteiger partial charge in [0.15, 0.2) is 0 Å². The van der Waals surface area contributed by atoms with Crippen molar-refractivity contribution in [2.75, 3.05) is 12.8 Å². The van der Waals surface area contributed by atoms with Gasteiger partial charge in [0.25, 0.3) is 5.91 Å². The molecule has 0 aliphatic rings. The van der Waals surface area contributed by atoms with E-state index >= 15 is 0 Å². The van der Waals surface area contributed by atoms with Gasteiger partial charge in [0, 0.05) is 23.4 Å². The number of thioether (sulfide) groups is 1. The molecule has 1 aromatic carbocycles. The van der Waals surface area contributed by atoms with Crippen molar-refractivity contribution in [3.8, 4) is 0 Å². The third kappa shape index (κ3) is 4.40. The van der Waals surface area contributed by atoms with Crippen LogP contribution in [0.25, 0.3) is 0 Å². The van der Waals surface area contributed by atoms with Gasteiger partial charge in [0.05, 0.1) is 0 Å². The molecular weight excluding hydrogens is 232 g/mol. The highest BCUT2D eigenvalue weighted by Gasteiger charge is 2.17. The minimum Gasteiger partial charge on any atom is -0.351 e. The topological polar surface area (TPSA) is 55.1 Å². The number of nitrogens with two attached hydrogens (primary N) is 1. The van der Waals surface area contributed by atoms with Crippen molar-refractivity contribution >= 4 is 17.7 Å². The van der Waals surface area contributed by atoms with E-state index in [0.717, 1.165) is 5.56 Å². The standard InChI is InChI=1S/C13H20N2OS/c1-13(2,17-3)9-15-12(16)11-6-4-10(8-14)5-7-11/h4-7H,8-9,14H2,1-3H3,(H,15,16). The molecule has 0 aliphatic carbocycles. The first-order chi connectivity index (χ1) is 7.98. The van der Waals surface area contributed by atoms with Crippen LogP contribution in [0.4, 0.5) is 0 Å². The first kappa shape index (κ1) is 14.1. The molecule has 4 heteroatoms. The van der Waals surface area contributed by atoms with E-state index in [1.807, 2.05) is 30.5 Å². The number of amides is 1. The minimum atomic E-state index is -0.0318. The normalized spacial score (nSPS) is 11.3. The molecule has 0 saturated carbocycles. The van der Waals surface area contributed by atoms with Gasteiger partial charge >= 0.3 is 0 Å². The predicted molar refractivity (Wildman–Crippen MR) is 74.3 cm³/mol. The summed E-state index contributed by atoms with van der Waals surface area (Å²) in [6.45, 7) is 5.37. The summed E-state index contributed by atoms with van der Waals surface area (Å²) in [7, 11) is 0. The molecule has 1 amide bonds. The molecule has 0 spiro atoms. The molecule has 1 rings (SSSR count). The second kappa shape index (κ2) is 6.07. The van der Waals surface area contributed by atoms with Gasteiger partial charge < -0.3 is 11.1 Å². The molecule has 17 heavy (non-hydrogen) atoms. The maximum absolute atomic E-state index is 11.9. The van der Waals surface area contributed by atoms with Crippen molar-refractivity contribution in [2.45, 2.75) is 25.1 Å². The molecule has 1 aromatic rings. The van der Waals surface area contributed by atoms with Crippen molar-refractivity contribution in [3.05, 3.63) is 35.4 Å². The second-order valence-electron chi connectivity index (χ2n) is 4.55. The van der Waals surface area contributed by atoms with Gasteiger partial charge in [-0.15, -0.1) is 0 Å². The van der Waals surface area contributed by atoms with Crippen molar-refractivity contribution in [2.24, 2.45) is 5.73 Å². The SMILES string of the molecule is CSC(C)(C)CNC(=O)c1ccc(CN)cc1. The Morgan fingerprint density at radius 3 is 2.41 bits per heavy atom. The largest absolute Gasteiger partial charge is 0.351 e. The summed E-state index contributed by atoms with van der Waals surface area (Å²) < 4.78 is 0.0624. The summed E-state index contributed by atoms with van der Waals surface area (Å²) in [4.78, 5) is 11.9. The molecule has 0 unspecified atom stereocenters. The van der Waals surface area contributed by atoms with Crippen LogP contribution in [-0.4, -0.2) is 23.5 Å². The Labute approximate surface area is 107 Å². The summed E-state index contributed by atoms with van der Waals surface area (Å²) in [5.74, 6) is -0.0318. The number of hydrogen-bond donors (Lipinski definition) is 2. The van der Waals surface area contributed by atoms with Gasteiger partial charge in [-0.1, -0.05) is 12.1 Å². The Morgan fingerprint density at radius 1 is 1.35 bits per heavy atom. The zero-order valence-electron chi connectivity index (χ0n) is 10.6. The van der Waals surface area contributed by atoms with Gasteiger partial charge in [-0.05, 0) is 37.8 Å². The molecule has 0 aromatic heterocycles. The molecule has 0 atom stereocenters. The number of hydrogen-bond acceptors (Lipinski definition) is 3. The summed E-state index contributed by atoms with van der Waals surface area (Å²) in [6.07, 6.45) is 2.04. The Kier molecular flexibility index (Phi) is 5.02. The molecule has 0 saturated heterocycles. The summed E-state index contributed by atoms with van der Waals surface area (Å²) >= 11 is 1.74. The molecule has 3 N–H and O–H groups in total. The van der Waals surface area contributed by atoms with E-state index in [9.17, 15) is 4.79 Å². The molecule has 0 fully saturated rings. The molecule has 0 bridgehead atoms. The van der Waals surface area contributed by atoms with E-state index in [1.54, 1.807) is 11.8 Å². The van der Waals surface area contributed by atoms with E-state index in [1.165, 1.54) is 0 Å². The van der Waals surface area contributed by atoms with Crippen LogP contribution in [0.2, 0.25) is 0 Å². The Bertz CT molecular complexity index is 374. The fourth-order valence-electron chi connectivity index (χ4n) is 1.26. The van der Waals surface area contributed by atoms with Crippen LogP contribution in [0.15, 0.2) is 24.3 Å². The lowest BCUT2D eigenvalue weighted by molar-refractivity contribution is 0.0951. The van der Waals surface area contributed by atoms with Gasteiger partial charge in [0.2, 0.25) is 0 Å². The van der Waals surface area contributed by atoms with Crippen LogP contribution in [-0.2, 0) is 6.54 Å². The summed E-state index contributed by atoms with van der Waals surface area (Å²) in [5, 5.41) is 2.94. The maximum atomic E-state index is 11.9. The van der Waals surface area contributed by atoms with Gasteiger partial charge in [0.1, 0.15) is 0 Å². The highest BCUT2D eigenvalue weighted by Crippen LogP contribution is 2.19. The zero-order chi connectivity index (χ0) is 12.9. The van der Waals surface area contributed by atoms with Crippen molar-refractivity contribution < 1.29 is 4.79 Å². The van der Waals surface area contributed by atoms with Crippen LogP contribution >= 0.6 is 11.8 Å². The number of nitrogens with one attached hydrogen (secondary N) is 1. The van der Waals surface area contributed by atoms with Crippen molar-refractivity contribution in [1.82, 2.24) is 5.32 Å². The molecule has 0 aliphatic heterocycles. The average Bonchev–Trinajstić information content (AvgIpc) is 2.36. The summed E-state index contributed by atoms with van der Waals surface area (Å²) in [5.41, 5.74) is 7.22. The third-order valence-electron chi connectivity index (χ3n) is 2.68. The zero-order valence-corrected chi connectivity index (χ0v) is 11.4. The first-order valence-electron chi connectivity index (χ1n) is 5.61. The lowest BCUT2D eigenvalue weighted by atomic mass is 10.1. The predicted octanol–water partition coefficient (Wildman–Crippen LogP) is 2.02. The van der Waals surface area contributed by atoms with Crippen LogP contribution in [0.3, 0.4) is 0 Å². The first-order valence-corrected chi connectivity index (χ1v) is 6.83. The summed E-state index contributed by atoms with van der Waals surface area (Å²) in [6, 6.07) is 7.39. The van der Waals surface area contributed by atoms with Crippen LogP contribution < -0.4 is 11.1 Å². The van der Waals surface area contributed by atoms with Crippen LogP contribution in [0, 0.1) is 0 Å². The highest BCUT2D eigenvalue weighted by atomic mass is 32.2. The maximum Gasteiger partial charge on any atom is 0.251 e. The fourth-order valence-corrected chi connectivity index (χ4v) is 1.48. The molecule has 3 nitrogen and oxygen atoms in total. The van der Waals surface area contributed by atoms with E-state index in [-0.39, 0.29) is 10.7 Å². The van der Waals surface area contributed by atoms with Crippen LogP contribution in [0.1, 0.15) is 29.8 Å². The van der Waals surface area contributed by atoms with E-state index < -0.39 is 0 Å². The van der Waals surface area contributed by atoms with E-state index in [4.69, 9.17) is 5.73 Å². The minimum absolute atomic E-state index is 0.0318. The Balaban J connectivity index is 2.58. The molecular formula is C13H20N2OS. The number of carbonyl (C=O) groups excluding carboxylic acids is 1. The molecule has 94 valence electrons. The second-order valence-corrected chi connectivity index (χ2v) is 6.06. The van der Waals surface area contributed by atoms with Gasteiger partial charge in [-0.25, -0.2) is 0 Å². The van der Waals surface area contributed by atoms with Gasteiger partial charge in [-0.2, -0.15) is 11.8 Å². The third-order valence-corrected chi connectivity index (χ3v) is 3.93. The lowest BCUT2D eigenvalue weighted by Gasteiger charge is -2.22. The van der Waals surface area contributed by atoms with Crippen molar-refractivity contribution in [3.63, 3.8) is 0 Å². The van der Waals surface area contributed by atoms with Crippen molar-refractivity contribution in [1.29, 1.82) is 0 Å². The van der Waals surface area contributed by atoms with Crippen LogP contribution in [0.5, 0.6) is 0 Å². The monoisotopic (exact) mass is 252 g/mol. The number of rotatable bonds is 5. The molecule has 0 heterocycles. The smallest absolute Gasteiger partial charge is 0.251 e. The number of carbonyl (C=O) groups is 1. The lowest BCUT2D eigenvalue weighted by Crippen LogP contribution is -2.36. The highest BCUT2D eigenvalue weighted by molar-refractivity contribution is 7.99. The molecule has 0 radical (unpaired) electrons. The van der Waals surface area contributed by atoms with Gasteiger partial charge in [-0.3, -0.25) is 4.79 Å². The Morgan fingerprint density at radius 2 is 1.94 bits per heavy atom. The average molecular weight is 252 g/mol. The number of benzene rings is 1. The quantitative estimate of drug-likeness (QED) is 0.843. The van der Waals surface area contributed by atoms with E-state index in [2.05, 4.69) is 19.2 Å². The Hall–Kier alpha value is -1.00. The fraction of sp³-hybridized carbons (Fsp3) is 0.462. The van der Waals surface area contributed by atoms with E-state index in [0.29, 0.717) is 18.7 Å².